The van der Waals surface area contributed by atoms with Crippen molar-refractivity contribution >= 4 is 6.09 Å². The quantitative estimate of drug-likeness (QED) is 0.708. The first-order chi connectivity index (χ1) is 8.01. The Kier molecular flexibility index (Phi) is 3.61. The van der Waals surface area contributed by atoms with Crippen molar-refractivity contribution in [2.24, 2.45) is 16.9 Å². The monoisotopic (exact) mass is 254 g/mol. The van der Waals surface area contributed by atoms with Gasteiger partial charge < -0.3 is 21.1 Å². The highest BCUT2D eigenvalue weighted by Gasteiger charge is 2.54. The molecule has 6 heteroatoms. The molecule has 0 aliphatic carbocycles. The van der Waals surface area contributed by atoms with Gasteiger partial charge in [-0.3, -0.25) is 0 Å². The third-order valence-corrected chi connectivity index (χ3v) is 3.20. The van der Waals surface area contributed by atoms with Crippen LogP contribution in [0.4, 0.5) is 4.79 Å². The van der Waals surface area contributed by atoms with Gasteiger partial charge in [-0.05, 0) is 27.7 Å². The van der Waals surface area contributed by atoms with Crippen LogP contribution in [0.3, 0.4) is 0 Å². The summed E-state index contributed by atoms with van der Waals surface area (Å²) in [5.74, 6) is 0. The first-order valence-corrected chi connectivity index (χ1v) is 5.93. The van der Waals surface area contributed by atoms with E-state index in [-0.39, 0.29) is 12.5 Å². The van der Waals surface area contributed by atoms with E-state index in [1.165, 1.54) is 4.90 Å². The fourth-order valence-electron chi connectivity index (χ4n) is 1.93. The second-order valence-electron chi connectivity index (χ2n) is 6.23. The van der Waals surface area contributed by atoms with Gasteiger partial charge in [0.15, 0.2) is 0 Å². The number of nitrogens with two attached hydrogens (primary N) is 2. The Hall–Kier alpha value is -1.32. The minimum absolute atomic E-state index is 0.232. The summed E-state index contributed by atoms with van der Waals surface area (Å²) in [7, 11) is 0. The van der Waals surface area contributed by atoms with Gasteiger partial charge in [0.25, 0.3) is 0 Å². The van der Waals surface area contributed by atoms with E-state index in [0.717, 1.165) is 0 Å². The molecule has 0 unspecified atom stereocenters. The lowest BCUT2D eigenvalue weighted by atomic mass is 9.68. The summed E-state index contributed by atoms with van der Waals surface area (Å²) in [5.41, 5.74) is 9.74. The number of ether oxygens (including phenoxy) is 1. The molecule has 0 aromatic heterocycles. The van der Waals surface area contributed by atoms with E-state index in [4.69, 9.17) is 21.5 Å². The zero-order valence-electron chi connectivity index (χ0n) is 11.5. The maximum atomic E-state index is 11.8. The maximum absolute atomic E-state index is 11.8. The Labute approximate surface area is 108 Å². The molecule has 0 bridgehead atoms. The number of likely N-dealkylation sites (tertiary alicyclic amines) is 1. The molecule has 0 atom stereocenters. The summed E-state index contributed by atoms with van der Waals surface area (Å²) in [4.78, 5) is 13.3. The molecule has 0 radical (unpaired) electrons. The van der Waals surface area contributed by atoms with Crippen LogP contribution in [0.1, 0.15) is 34.1 Å². The fraction of sp³-hybridized carbons (Fsp3) is 0.833. The molecule has 0 aromatic rings. The average Bonchev–Trinajstić information content (AvgIpc) is 2.04. The van der Waals surface area contributed by atoms with Crippen molar-refractivity contribution in [2.45, 2.75) is 45.4 Å². The summed E-state index contributed by atoms with van der Waals surface area (Å²) in [5, 5.41) is 8.85. The molecule has 1 rings (SSSR count). The summed E-state index contributed by atoms with van der Waals surface area (Å²) in [6.45, 7) is 7.82. The van der Waals surface area contributed by atoms with Crippen LogP contribution in [0.2, 0.25) is 0 Å². The van der Waals surface area contributed by atoms with Crippen molar-refractivity contribution in [3.8, 4) is 6.07 Å². The maximum Gasteiger partial charge on any atom is 0.410 e. The molecule has 1 amide bonds. The van der Waals surface area contributed by atoms with Gasteiger partial charge in [-0.25, -0.2) is 4.79 Å². The molecule has 102 valence electrons. The van der Waals surface area contributed by atoms with E-state index in [1.807, 2.05) is 20.8 Å². The second kappa shape index (κ2) is 4.41. The van der Waals surface area contributed by atoms with E-state index >= 15 is 0 Å². The summed E-state index contributed by atoms with van der Waals surface area (Å²) >= 11 is 0. The van der Waals surface area contributed by atoms with E-state index in [9.17, 15) is 4.79 Å². The third kappa shape index (κ3) is 2.92. The predicted molar refractivity (Wildman–Crippen MR) is 67.2 cm³/mol. The molecular weight excluding hydrogens is 232 g/mol. The largest absolute Gasteiger partial charge is 0.444 e. The highest BCUT2D eigenvalue weighted by Crippen LogP contribution is 2.40. The lowest BCUT2D eigenvalue weighted by Crippen LogP contribution is -2.74. The molecular formula is C12H22N4O2. The zero-order valence-corrected chi connectivity index (χ0v) is 11.5. The fourth-order valence-corrected chi connectivity index (χ4v) is 1.93. The number of nitriles is 1. The first-order valence-electron chi connectivity index (χ1n) is 5.93. The van der Waals surface area contributed by atoms with E-state index in [2.05, 4.69) is 6.07 Å². The van der Waals surface area contributed by atoms with Gasteiger partial charge in [0, 0.05) is 24.9 Å². The molecule has 4 N–H and O–H groups in total. The highest BCUT2D eigenvalue weighted by atomic mass is 16.6. The van der Waals surface area contributed by atoms with Crippen molar-refractivity contribution in [2.75, 3.05) is 13.1 Å². The van der Waals surface area contributed by atoms with Gasteiger partial charge in [-0.2, -0.15) is 5.26 Å². The van der Waals surface area contributed by atoms with Gasteiger partial charge in [-0.15, -0.1) is 0 Å². The SMILES string of the molecule is CC(C)(C)OC(=O)N1CC(CC#N)(C(C)(N)N)C1. The molecule has 1 aliphatic heterocycles. The van der Waals surface area contributed by atoms with Gasteiger partial charge in [0.05, 0.1) is 11.7 Å². The van der Waals surface area contributed by atoms with Crippen LogP contribution in [-0.4, -0.2) is 35.3 Å². The normalized spacial score (nSPS) is 18.8. The van der Waals surface area contributed by atoms with Crippen molar-refractivity contribution in [3.05, 3.63) is 0 Å². The summed E-state index contributed by atoms with van der Waals surface area (Å²) in [6.07, 6.45) is -0.157. The number of hydrogen-bond acceptors (Lipinski definition) is 5. The highest BCUT2D eigenvalue weighted by molar-refractivity contribution is 5.69. The molecule has 1 fully saturated rings. The van der Waals surface area contributed by atoms with E-state index in [1.54, 1.807) is 6.92 Å². The number of hydrogen-bond donors (Lipinski definition) is 2. The van der Waals surface area contributed by atoms with Gasteiger partial charge in [0.1, 0.15) is 5.60 Å². The minimum Gasteiger partial charge on any atom is -0.444 e. The van der Waals surface area contributed by atoms with Crippen molar-refractivity contribution < 1.29 is 9.53 Å². The smallest absolute Gasteiger partial charge is 0.410 e. The second-order valence-corrected chi connectivity index (χ2v) is 6.23. The zero-order chi connectivity index (χ0) is 14.2. The molecule has 18 heavy (non-hydrogen) atoms. The van der Waals surface area contributed by atoms with Crippen molar-refractivity contribution in [1.82, 2.24) is 4.90 Å². The Morgan fingerprint density at radius 3 is 2.22 bits per heavy atom. The number of carbonyl (C=O) groups excluding carboxylic acids is 1. The van der Waals surface area contributed by atoms with Crippen LogP contribution in [0.15, 0.2) is 0 Å². The van der Waals surface area contributed by atoms with Crippen LogP contribution < -0.4 is 11.5 Å². The van der Waals surface area contributed by atoms with Crippen LogP contribution in [0, 0.1) is 16.7 Å². The predicted octanol–water partition coefficient (Wildman–Crippen LogP) is 0.771. The molecule has 0 saturated carbocycles. The van der Waals surface area contributed by atoms with Gasteiger partial charge in [-0.1, -0.05) is 0 Å². The molecule has 1 aliphatic rings. The Bertz CT molecular complexity index is 367. The van der Waals surface area contributed by atoms with Crippen molar-refractivity contribution in [1.29, 1.82) is 5.26 Å². The number of carbonyl (C=O) groups is 1. The minimum atomic E-state index is -0.985. The lowest BCUT2D eigenvalue weighted by Gasteiger charge is -2.55. The molecule has 0 spiro atoms. The number of amides is 1. The Morgan fingerprint density at radius 1 is 1.39 bits per heavy atom. The number of nitrogens with zero attached hydrogens (tertiary/aromatic N) is 2. The van der Waals surface area contributed by atoms with Gasteiger partial charge >= 0.3 is 6.09 Å². The summed E-state index contributed by atoms with van der Waals surface area (Å²) in [6, 6.07) is 2.09. The van der Waals surface area contributed by atoms with Crippen LogP contribution in [0.5, 0.6) is 0 Å². The topological polar surface area (TPSA) is 105 Å². The lowest BCUT2D eigenvalue weighted by molar-refractivity contribution is -0.0621. The van der Waals surface area contributed by atoms with E-state index in [0.29, 0.717) is 13.1 Å². The van der Waals surface area contributed by atoms with Crippen LogP contribution in [0.25, 0.3) is 0 Å². The van der Waals surface area contributed by atoms with Crippen LogP contribution >= 0.6 is 0 Å². The third-order valence-electron chi connectivity index (χ3n) is 3.20. The van der Waals surface area contributed by atoms with Crippen LogP contribution in [-0.2, 0) is 4.74 Å². The number of rotatable bonds is 2. The molecule has 1 saturated heterocycles. The molecule has 1 heterocycles. The van der Waals surface area contributed by atoms with Gasteiger partial charge in [0.2, 0.25) is 0 Å². The molecule has 0 aromatic carbocycles. The Morgan fingerprint density at radius 2 is 1.89 bits per heavy atom. The van der Waals surface area contributed by atoms with Crippen molar-refractivity contribution in [3.63, 3.8) is 0 Å². The molecule has 6 nitrogen and oxygen atoms in total. The average molecular weight is 254 g/mol. The Balaban J connectivity index is 2.66. The standard InChI is InChI=1S/C12H22N4O2/c1-10(2,3)18-9(17)16-7-12(8-16,5-6-13)11(4,14)15/h5,7-8,14-15H2,1-4H3. The summed E-state index contributed by atoms with van der Waals surface area (Å²) < 4.78 is 5.25. The first kappa shape index (κ1) is 14.7. The van der Waals surface area contributed by atoms with E-state index < -0.39 is 16.7 Å².